The average Bonchev–Trinajstić information content (AvgIpc) is 2.30. The van der Waals surface area contributed by atoms with E-state index in [4.69, 9.17) is 11.6 Å². The average molecular weight is 247 g/mol. The molecule has 16 heavy (non-hydrogen) atoms. The van der Waals surface area contributed by atoms with E-state index in [2.05, 4.69) is 19.0 Å². The second-order valence-electron chi connectivity index (χ2n) is 4.74. The number of nitrogens with zero attached hydrogens (tertiary/aromatic N) is 2. The van der Waals surface area contributed by atoms with Crippen molar-refractivity contribution in [3.63, 3.8) is 0 Å². The lowest BCUT2D eigenvalue weighted by Gasteiger charge is -2.38. The molecule has 0 saturated heterocycles. The van der Waals surface area contributed by atoms with Gasteiger partial charge in [0.25, 0.3) is 0 Å². The van der Waals surface area contributed by atoms with E-state index < -0.39 is 0 Å². The van der Waals surface area contributed by atoms with Crippen molar-refractivity contribution in [1.82, 2.24) is 9.80 Å². The van der Waals surface area contributed by atoms with Crippen molar-refractivity contribution in [2.75, 3.05) is 26.5 Å². The first-order valence-corrected chi connectivity index (χ1v) is 6.65. The van der Waals surface area contributed by atoms with Gasteiger partial charge in [-0.2, -0.15) is 0 Å². The molecule has 4 heteroatoms. The van der Waals surface area contributed by atoms with E-state index in [-0.39, 0.29) is 11.8 Å². The normalized spacial score (nSPS) is 25.8. The first-order valence-electron chi connectivity index (χ1n) is 6.12. The summed E-state index contributed by atoms with van der Waals surface area (Å²) in [5.74, 6) is 0.194. The smallest absolute Gasteiger partial charge is 0.237 e. The highest BCUT2D eigenvalue weighted by atomic mass is 35.5. The van der Waals surface area contributed by atoms with Crippen molar-refractivity contribution in [2.24, 2.45) is 0 Å². The Bertz CT molecular complexity index is 225. The lowest BCUT2D eigenvalue weighted by atomic mass is 9.89. The van der Waals surface area contributed by atoms with Gasteiger partial charge < -0.3 is 9.80 Å². The van der Waals surface area contributed by atoms with Gasteiger partial charge in [0.1, 0.15) is 5.88 Å². The van der Waals surface area contributed by atoms with Crippen LogP contribution < -0.4 is 0 Å². The Morgan fingerprint density at radius 1 is 1.19 bits per heavy atom. The summed E-state index contributed by atoms with van der Waals surface area (Å²) in [6, 6.07) is 1.09. The molecule has 1 rings (SSSR count). The van der Waals surface area contributed by atoms with Crippen molar-refractivity contribution in [1.29, 1.82) is 0 Å². The molecule has 1 aliphatic carbocycles. The highest BCUT2D eigenvalue weighted by Gasteiger charge is 2.28. The van der Waals surface area contributed by atoms with Crippen LogP contribution in [0.2, 0.25) is 0 Å². The van der Waals surface area contributed by atoms with E-state index in [1.807, 2.05) is 11.8 Å². The number of alkyl halides is 1. The van der Waals surface area contributed by atoms with Gasteiger partial charge in [-0.05, 0) is 46.7 Å². The lowest BCUT2D eigenvalue weighted by molar-refractivity contribution is -0.131. The highest BCUT2D eigenvalue weighted by molar-refractivity contribution is 6.27. The van der Waals surface area contributed by atoms with Gasteiger partial charge in [-0.25, -0.2) is 0 Å². The molecule has 0 aromatic heterocycles. The maximum atomic E-state index is 11.6. The largest absolute Gasteiger partial charge is 0.339 e. The number of hydrogen-bond acceptors (Lipinski definition) is 2. The summed E-state index contributed by atoms with van der Waals surface area (Å²) < 4.78 is 0. The van der Waals surface area contributed by atoms with Gasteiger partial charge >= 0.3 is 0 Å². The van der Waals surface area contributed by atoms with Crippen LogP contribution in [0.1, 0.15) is 32.6 Å². The van der Waals surface area contributed by atoms with Crippen LogP contribution in [0.3, 0.4) is 0 Å². The topological polar surface area (TPSA) is 23.6 Å². The summed E-state index contributed by atoms with van der Waals surface area (Å²) in [5, 5.41) is 0. The van der Waals surface area contributed by atoms with Crippen molar-refractivity contribution < 1.29 is 4.79 Å². The Hall–Kier alpha value is -0.280. The minimum atomic E-state index is 0.0810. The molecule has 0 radical (unpaired) electrons. The molecule has 0 unspecified atom stereocenters. The molecule has 94 valence electrons. The first kappa shape index (κ1) is 13.8. The van der Waals surface area contributed by atoms with Crippen LogP contribution in [0.4, 0.5) is 0 Å². The number of carbonyl (C=O) groups is 1. The fourth-order valence-electron chi connectivity index (χ4n) is 2.60. The zero-order valence-corrected chi connectivity index (χ0v) is 11.3. The molecule has 0 aromatic carbocycles. The van der Waals surface area contributed by atoms with Crippen molar-refractivity contribution in [3.8, 4) is 0 Å². The second kappa shape index (κ2) is 6.45. The Morgan fingerprint density at radius 2 is 1.69 bits per heavy atom. The lowest BCUT2D eigenvalue weighted by Crippen LogP contribution is -2.45. The van der Waals surface area contributed by atoms with Crippen LogP contribution in [0, 0.1) is 0 Å². The minimum absolute atomic E-state index is 0.0810. The fourth-order valence-corrected chi connectivity index (χ4v) is 2.75. The molecule has 1 aliphatic rings. The summed E-state index contributed by atoms with van der Waals surface area (Å²) >= 11 is 5.62. The van der Waals surface area contributed by atoms with Crippen LogP contribution in [-0.4, -0.2) is 54.3 Å². The van der Waals surface area contributed by atoms with E-state index in [0.717, 1.165) is 19.4 Å². The molecule has 3 nitrogen and oxygen atoms in total. The molecule has 0 spiro atoms. The van der Waals surface area contributed by atoms with Crippen LogP contribution in [0.25, 0.3) is 0 Å². The quantitative estimate of drug-likeness (QED) is 0.708. The maximum Gasteiger partial charge on any atom is 0.237 e. The fraction of sp³-hybridized carbons (Fsp3) is 0.917. The van der Waals surface area contributed by atoms with Gasteiger partial charge in [-0.3, -0.25) is 4.79 Å². The van der Waals surface area contributed by atoms with Crippen molar-refractivity contribution >= 4 is 17.5 Å². The van der Waals surface area contributed by atoms with Gasteiger partial charge in [0.15, 0.2) is 0 Å². The summed E-state index contributed by atoms with van der Waals surface area (Å²) in [6.07, 6.45) is 4.59. The monoisotopic (exact) mass is 246 g/mol. The van der Waals surface area contributed by atoms with Crippen molar-refractivity contribution in [3.05, 3.63) is 0 Å². The Morgan fingerprint density at radius 3 is 2.06 bits per heavy atom. The molecule has 0 bridgehead atoms. The summed E-state index contributed by atoms with van der Waals surface area (Å²) in [7, 11) is 4.26. The maximum absolute atomic E-state index is 11.6. The Balaban J connectivity index is 2.48. The number of halogens is 1. The Labute approximate surface area is 104 Å². The van der Waals surface area contributed by atoms with Crippen LogP contribution >= 0.6 is 11.6 Å². The highest BCUT2D eigenvalue weighted by Crippen LogP contribution is 2.25. The van der Waals surface area contributed by atoms with E-state index >= 15 is 0 Å². The van der Waals surface area contributed by atoms with Crippen LogP contribution in [0.5, 0.6) is 0 Å². The van der Waals surface area contributed by atoms with E-state index in [0.29, 0.717) is 12.1 Å². The zero-order chi connectivity index (χ0) is 12.1. The number of carbonyl (C=O) groups excluding carboxylic acids is 1. The molecule has 0 N–H and O–H groups in total. The summed E-state index contributed by atoms with van der Waals surface area (Å²) in [6.45, 7) is 2.81. The van der Waals surface area contributed by atoms with Crippen LogP contribution in [0.15, 0.2) is 0 Å². The van der Waals surface area contributed by atoms with E-state index in [9.17, 15) is 4.79 Å². The second-order valence-corrected chi connectivity index (χ2v) is 5.01. The Kier molecular flexibility index (Phi) is 5.56. The molecule has 0 aromatic rings. The summed E-state index contributed by atoms with van der Waals surface area (Å²) in [4.78, 5) is 15.9. The van der Waals surface area contributed by atoms with Gasteiger partial charge in [0.2, 0.25) is 5.91 Å². The standard InChI is InChI=1S/C12H23ClN2O/c1-4-15(12(16)9-13)11-7-5-10(6-8-11)14(2)3/h10-11H,4-9H2,1-3H3. The molecule has 0 atom stereocenters. The third-order valence-electron chi connectivity index (χ3n) is 3.61. The van der Waals surface area contributed by atoms with Gasteiger partial charge in [0, 0.05) is 18.6 Å². The molecule has 1 fully saturated rings. The minimum Gasteiger partial charge on any atom is -0.339 e. The van der Waals surface area contributed by atoms with E-state index in [1.165, 1.54) is 12.8 Å². The molecular weight excluding hydrogens is 224 g/mol. The van der Waals surface area contributed by atoms with Gasteiger partial charge in [-0.1, -0.05) is 0 Å². The molecule has 1 saturated carbocycles. The number of amides is 1. The van der Waals surface area contributed by atoms with Gasteiger partial charge in [-0.15, -0.1) is 11.6 Å². The van der Waals surface area contributed by atoms with Crippen LogP contribution in [-0.2, 0) is 4.79 Å². The predicted molar refractivity (Wildman–Crippen MR) is 67.8 cm³/mol. The molecule has 0 heterocycles. The number of hydrogen-bond donors (Lipinski definition) is 0. The summed E-state index contributed by atoms with van der Waals surface area (Å²) in [5.41, 5.74) is 0. The third kappa shape index (κ3) is 3.36. The number of rotatable bonds is 4. The van der Waals surface area contributed by atoms with E-state index in [1.54, 1.807) is 0 Å². The first-order chi connectivity index (χ1) is 7.60. The zero-order valence-electron chi connectivity index (χ0n) is 10.6. The van der Waals surface area contributed by atoms with Gasteiger partial charge in [0.05, 0.1) is 0 Å². The SMILES string of the molecule is CCN(C(=O)CCl)C1CCC(N(C)C)CC1. The predicted octanol–water partition coefficient (Wildman–Crippen LogP) is 1.95. The third-order valence-corrected chi connectivity index (χ3v) is 3.84. The molecular formula is C12H23ClN2O. The van der Waals surface area contributed by atoms with Crippen molar-refractivity contribution in [2.45, 2.75) is 44.7 Å². The molecule has 0 aliphatic heterocycles. The molecule has 1 amide bonds.